The Kier molecular flexibility index (Phi) is 26.2. The van der Waals surface area contributed by atoms with Crippen LogP contribution in [-0.2, 0) is 16.2 Å². The molecule has 0 aliphatic heterocycles. The van der Waals surface area contributed by atoms with Crippen LogP contribution in [0.2, 0.25) is 0 Å². The summed E-state index contributed by atoms with van der Waals surface area (Å²) in [6.07, 6.45) is 11.1. The van der Waals surface area contributed by atoms with Crippen LogP contribution in [-0.4, -0.2) is 55.1 Å². The second-order valence-corrected chi connectivity index (χ2v) is 33.6. The van der Waals surface area contributed by atoms with Crippen molar-refractivity contribution >= 4 is 69.2 Å². The van der Waals surface area contributed by atoms with Crippen molar-refractivity contribution in [2.45, 2.75) is 113 Å². The summed E-state index contributed by atoms with van der Waals surface area (Å²) in [4.78, 5) is 55.9. The third-order valence-corrected chi connectivity index (χ3v) is 21.4. The Morgan fingerprint density at radius 2 is 0.605 bits per heavy atom. The minimum atomic E-state index is -0.298. The van der Waals surface area contributed by atoms with Gasteiger partial charge in [0.25, 0.3) is 16.7 Å². The van der Waals surface area contributed by atoms with E-state index in [9.17, 15) is 23.9 Å². The Bertz CT molecular complexity index is 7030. The zero-order chi connectivity index (χ0) is 88.3. The Hall–Kier alpha value is -14.9. The number of para-hydroxylation sites is 3. The predicted octanol–water partition coefficient (Wildman–Crippen LogP) is 23.2. The molecular weight excluding hydrogens is 1540 g/mol. The maximum absolute atomic E-state index is 13.9. The van der Waals surface area contributed by atoms with E-state index in [2.05, 4.69) is 171 Å². The van der Waals surface area contributed by atoms with Gasteiger partial charge in [-0.05, 0) is 294 Å². The number of benzene rings is 12. The number of aromatic nitrogens is 6. The Morgan fingerprint density at radius 1 is 0.323 bits per heavy atom. The number of methoxy groups -OCH3 is 3. The van der Waals surface area contributed by atoms with Crippen molar-refractivity contribution in [3.8, 4) is 75.6 Å². The number of aryl methyl sites for hydroxylation is 5. The van der Waals surface area contributed by atoms with E-state index in [1.54, 1.807) is 65.4 Å². The molecule has 0 bridgehead atoms. The van der Waals surface area contributed by atoms with E-state index in [0.29, 0.717) is 73.2 Å². The molecule has 15 rings (SSSR count). The van der Waals surface area contributed by atoms with Crippen LogP contribution in [0, 0.1) is 76.0 Å². The molecule has 13 nitrogen and oxygen atoms in total. The molecule has 1 N–H and O–H groups in total. The first-order valence-corrected chi connectivity index (χ1v) is 41.0. The Balaban J connectivity index is 0.000000160. The summed E-state index contributed by atoms with van der Waals surface area (Å²) in [7, 11) is 4.72. The van der Waals surface area contributed by atoms with E-state index in [-0.39, 0.29) is 38.7 Å². The van der Waals surface area contributed by atoms with Crippen molar-refractivity contribution in [2.24, 2.45) is 0 Å². The molecule has 0 saturated heterocycles. The van der Waals surface area contributed by atoms with Crippen LogP contribution < -0.4 is 30.9 Å². The molecule has 15 aromatic rings. The number of rotatable bonds is 12. The second kappa shape index (κ2) is 37.4. The van der Waals surface area contributed by atoms with E-state index in [4.69, 9.17) is 29.2 Å². The fraction of sp³-hybridized carbons (Fsp3) is 0.182. The molecule has 0 fully saturated rings. The summed E-state index contributed by atoms with van der Waals surface area (Å²) in [5.41, 5.74) is 20.1. The molecular formula is C110H99FN6O7. The summed E-state index contributed by atoms with van der Waals surface area (Å²) in [5.74, 6) is 22.7. The maximum Gasteiger partial charge on any atom is 0.266 e. The summed E-state index contributed by atoms with van der Waals surface area (Å²) in [5, 5.41) is 11.8. The molecule has 12 aromatic carbocycles. The Morgan fingerprint density at radius 3 is 0.895 bits per heavy atom. The quantitative estimate of drug-likeness (QED) is 0.117. The highest BCUT2D eigenvalue weighted by Crippen LogP contribution is 2.39. The van der Waals surface area contributed by atoms with Crippen molar-refractivity contribution in [1.82, 2.24) is 28.7 Å². The third kappa shape index (κ3) is 20.4. The number of hydrogen-bond acceptors (Lipinski definition) is 10. The fourth-order valence-electron chi connectivity index (χ4n) is 14.4. The average molecular weight is 1640 g/mol. The van der Waals surface area contributed by atoms with E-state index < -0.39 is 0 Å². The van der Waals surface area contributed by atoms with Gasteiger partial charge < -0.3 is 19.3 Å². The van der Waals surface area contributed by atoms with Gasteiger partial charge in [-0.15, -0.1) is 0 Å². The lowest BCUT2D eigenvalue weighted by molar-refractivity contribution is 0.324. The lowest BCUT2D eigenvalue weighted by Crippen LogP contribution is -2.23. The zero-order valence-electron chi connectivity index (χ0n) is 73.1. The first-order chi connectivity index (χ1) is 59.3. The number of phenols is 1. The van der Waals surface area contributed by atoms with Crippen LogP contribution in [0.1, 0.15) is 174 Å². The van der Waals surface area contributed by atoms with Crippen LogP contribution in [0.25, 0.3) is 86.2 Å². The lowest BCUT2D eigenvalue weighted by atomic mass is 9.87. The number of halogens is 1. The van der Waals surface area contributed by atoms with E-state index in [0.717, 1.165) is 95.0 Å². The van der Waals surface area contributed by atoms with Gasteiger partial charge in [0.15, 0.2) is 11.5 Å². The number of aromatic hydroxyl groups is 1. The highest BCUT2D eigenvalue weighted by molar-refractivity contribution is 5.84. The van der Waals surface area contributed by atoms with Gasteiger partial charge in [-0.3, -0.25) is 28.1 Å². The van der Waals surface area contributed by atoms with Crippen molar-refractivity contribution in [3.05, 3.63) is 398 Å². The fourth-order valence-corrected chi connectivity index (χ4v) is 14.4. The summed E-state index contributed by atoms with van der Waals surface area (Å²) in [6.45, 7) is 29.4. The molecule has 3 heterocycles. The van der Waals surface area contributed by atoms with Crippen LogP contribution in [0.5, 0.6) is 23.0 Å². The number of fused-ring (bicyclic) bond motifs is 3. The summed E-state index contributed by atoms with van der Waals surface area (Å²) >= 11 is 0. The van der Waals surface area contributed by atoms with Crippen molar-refractivity contribution in [1.29, 1.82) is 0 Å². The first kappa shape index (κ1) is 86.9. The van der Waals surface area contributed by atoms with Gasteiger partial charge in [0.2, 0.25) is 5.75 Å². The minimum absolute atomic E-state index is 0.0943. The molecule has 0 saturated carbocycles. The van der Waals surface area contributed by atoms with E-state index in [1.165, 1.54) is 28.8 Å². The molecule has 0 aliphatic carbocycles. The second-order valence-electron chi connectivity index (χ2n) is 33.6. The normalized spacial score (nSPS) is 11.5. The number of nitrogens with zero attached hydrogens (tertiary/aromatic N) is 6. The van der Waals surface area contributed by atoms with Crippen molar-refractivity contribution < 1.29 is 23.7 Å². The molecule has 0 amide bonds. The number of ether oxygens (including phenoxy) is 3. The van der Waals surface area contributed by atoms with Gasteiger partial charge in [-0.2, -0.15) is 0 Å². The molecule has 0 aliphatic rings. The molecule has 0 atom stereocenters. The van der Waals surface area contributed by atoms with Crippen LogP contribution in [0.15, 0.2) is 263 Å². The molecule has 0 unspecified atom stereocenters. The minimum Gasteiger partial charge on any atom is -0.507 e. The smallest absolute Gasteiger partial charge is 0.266 e. The van der Waals surface area contributed by atoms with Crippen molar-refractivity contribution in [3.63, 3.8) is 0 Å². The van der Waals surface area contributed by atoms with Crippen LogP contribution in [0.4, 0.5) is 4.39 Å². The molecule has 618 valence electrons. The summed E-state index contributed by atoms with van der Waals surface area (Å²) < 4.78 is 34.8. The van der Waals surface area contributed by atoms with Gasteiger partial charge in [-0.1, -0.05) is 201 Å². The topological polar surface area (TPSA) is 153 Å². The van der Waals surface area contributed by atoms with E-state index in [1.807, 2.05) is 205 Å². The third-order valence-electron chi connectivity index (χ3n) is 21.4. The molecule has 3 aromatic heterocycles. The number of phenolic OH excluding ortho intramolecular Hbond substituents is 1. The zero-order valence-corrected chi connectivity index (χ0v) is 73.1. The van der Waals surface area contributed by atoms with E-state index >= 15 is 0 Å². The standard InChI is InChI=1S/C38H36N2O4.C37H34N2O2.C35H29FN2O/c1-25-22-27(13-12-26-14-18-29(19-15-26)38(2,3)4)16-20-32(25)40-35(39-31-11-9-8-10-30(31)37(40)41)21-17-28-23-33(42-5)36(44-7)34(24-28)43-6;1-24-21-28(12-11-27-13-17-30(18-14-27)37(4,5)6)15-19-33(24)39-34(38-32-10-8-7-9-31(32)36(39)41)20-16-29-22-25(2)35(40)26(3)23-29;1-24-23-27(10-9-25-11-17-28(18-12-25)35(2,3)4)15-21-32(24)38-33(22-16-26-13-19-29(36)20-14-26)37-31-8-6-5-7-30(31)34(38)39/h8-11,14-24H,1-7H3;7-10,13-23,40H,1-6H3;5-8,11-23H,1-4H3/b21-17+;20-16+;22-16+. The largest absolute Gasteiger partial charge is 0.507 e. The molecule has 124 heavy (non-hydrogen) atoms. The SMILES string of the molecule is COc1cc(/C=C/c2nc3ccccc3c(=O)n2-c2ccc(C#Cc3ccc(C(C)(C)C)cc3)cc2C)cc(OC)c1OC.Cc1cc(C#Cc2ccc(C(C)(C)C)cc2)ccc1-n1c(/C=C/c2cc(C)c(O)c(C)c2)nc2ccccc2c1=O.Cc1cc(C#Cc2ccc(C(C)(C)C)cc2)ccc1-n1c(/C=C/c2ccc(F)cc2)nc2ccccc2c1=O. The predicted molar refractivity (Wildman–Crippen MR) is 506 cm³/mol. The van der Waals surface area contributed by atoms with Crippen LogP contribution >= 0.6 is 0 Å². The highest BCUT2D eigenvalue weighted by Gasteiger charge is 2.21. The van der Waals surface area contributed by atoms with Gasteiger partial charge in [0.1, 0.15) is 29.0 Å². The number of hydrogen-bond donors (Lipinski definition) is 1. The lowest BCUT2D eigenvalue weighted by Gasteiger charge is -2.18. The Labute approximate surface area is 724 Å². The van der Waals surface area contributed by atoms with Gasteiger partial charge >= 0.3 is 0 Å². The average Bonchev–Trinajstić information content (AvgIpc) is 0.773. The molecule has 14 heteroatoms. The highest BCUT2D eigenvalue weighted by atomic mass is 19.1. The first-order valence-electron chi connectivity index (χ1n) is 41.0. The van der Waals surface area contributed by atoms with Gasteiger partial charge in [0, 0.05) is 33.4 Å². The van der Waals surface area contributed by atoms with Gasteiger partial charge in [-0.25, -0.2) is 19.3 Å². The molecule has 0 spiro atoms. The maximum atomic E-state index is 13.9. The van der Waals surface area contributed by atoms with Crippen LogP contribution in [0.3, 0.4) is 0 Å². The molecule has 0 radical (unpaired) electrons. The monoisotopic (exact) mass is 1630 g/mol. The van der Waals surface area contributed by atoms with Crippen molar-refractivity contribution in [2.75, 3.05) is 21.3 Å². The summed E-state index contributed by atoms with van der Waals surface area (Å²) in [6, 6.07) is 78.5. The van der Waals surface area contributed by atoms with Gasteiger partial charge in [0.05, 0.1) is 71.1 Å².